The van der Waals surface area contributed by atoms with Gasteiger partial charge in [0.2, 0.25) is 0 Å². The third kappa shape index (κ3) is 2.69. The lowest BCUT2D eigenvalue weighted by Gasteiger charge is -2.38. The van der Waals surface area contributed by atoms with Crippen molar-refractivity contribution in [1.29, 1.82) is 0 Å². The minimum Gasteiger partial charge on any atom is -0.394 e. The predicted octanol–water partition coefficient (Wildman–Crippen LogP) is 0.541. The lowest BCUT2D eigenvalue weighted by atomic mass is 10.1. The first-order chi connectivity index (χ1) is 9.08. The highest BCUT2D eigenvalue weighted by Gasteiger charge is 2.30. The van der Waals surface area contributed by atoms with Crippen molar-refractivity contribution in [2.75, 3.05) is 30.4 Å². The molecule has 1 aromatic heterocycles. The first-order valence-corrected chi connectivity index (χ1v) is 6.88. The Hall–Kier alpha value is -1.27. The number of hydrogen-bond donors (Lipinski definition) is 2. The first-order valence-electron chi connectivity index (χ1n) is 6.88. The summed E-state index contributed by atoms with van der Waals surface area (Å²) in [5.74, 6) is 0.942. The second-order valence-electron chi connectivity index (χ2n) is 5.20. The Morgan fingerprint density at radius 1 is 1.53 bits per heavy atom. The largest absolute Gasteiger partial charge is 0.394 e. The van der Waals surface area contributed by atoms with Crippen LogP contribution in [0.3, 0.4) is 0 Å². The molecule has 1 fully saturated rings. The molecule has 0 radical (unpaired) electrons. The van der Waals surface area contributed by atoms with Crippen molar-refractivity contribution in [1.82, 2.24) is 9.78 Å². The molecule has 0 saturated carbocycles. The zero-order valence-corrected chi connectivity index (χ0v) is 12.0. The van der Waals surface area contributed by atoms with E-state index in [1.54, 1.807) is 0 Å². The number of nitrogen functional groups attached to an aromatic ring is 1. The molecule has 0 aliphatic carbocycles. The van der Waals surface area contributed by atoms with Crippen LogP contribution in [0.15, 0.2) is 0 Å². The molecule has 0 amide bonds. The standard InChI is InChI=1S/C13H24N4O2/c1-4-5-11-12(14)13(16(3)15-11)17-6-10(7-18)19-8-9(17)2/h9-10,18H,4-8,14H2,1-3H3. The van der Waals surface area contributed by atoms with Crippen molar-refractivity contribution in [3.63, 3.8) is 0 Å². The van der Waals surface area contributed by atoms with Gasteiger partial charge >= 0.3 is 0 Å². The van der Waals surface area contributed by atoms with Crippen molar-refractivity contribution in [3.05, 3.63) is 5.69 Å². The van der Waals surface area contributed by atoms with Crippen LogP contribution in [0.5, 0.6) is 0 Å². The summed E-state index contributed by atoms with van der Waals surface area (Å²) >= 11 is 0. The summed E-state index contributed by atoms with van der Waals surface area (Å²) in [6, 6.07) is 0.231. The van der Waals surface area contributed by atoms with E-state index in [1.807, 2.05) is 11.7 Å². The van der Waals surface area contributed by atoms with Gasteiger partial charge in [0.25, 0.3) is 0 Å². The van der Waals surface area contributed by atoms with E-state index in [0.717, 1.165) is 30.0 Å². The normalized spacial score (nSPS) is 23.9. The number of nitrogens with zero attached hydrogens (tertiary/aromatic N) is 3. The van der Waals surface area contributed by atoms with E-state index in [4.69, 9.17) is 10.5 Å². The number of morpholine rings is 1. The van der Waals surface area contributed by atoms with E-state index < -0.39 is 0 Å². The number of hydrogen-bond acceptors (Lipinski definition) is 5. The molecule has 6 nitrogen and oxygen atoms in total. The Balaban J connectivity index is 2.29. The Kier molecular flexibility index (Phi) is 4.31. The van der Waals surface area contributed by atoms with Crippen LogP contribution in [-0.2, 0) is 18.2 Å². The van der Waals surface area contributed by atoms with Crippen molar-refractivity contribution in [2.24, 2.45) is 7.05 Å². The second kappa shape index (κ2) is 5.79. The maximum atomic E-state index is 9.26. The molecule has 2 atom stereocenters. The Morgan fingerprint density at radius 3 is 2.89 bits per heavy atom. The van der Waals surface area contributed by atoms with Crippen LogP contribution in [0.1, 0.15) is 26.0 Å². The summed E-state index contributed by atoms with van der Waals surface area (Å²) < 4.78 is 7.41. The highest BCUT2D eigenvalue weighted by molar-refractivity contribution is 5.67. The van der Waals surface area contributed by atoms with Gasteiger partial charge in [0.15, 0.2) is 5.82 Å². The molecule has 19 heavy (non-hydrogen) atoms. The van der Waals surface area contributed by atoms with E-state index >= 15 is 0 Å². The number of aryl methyl sites for hydroxylation is 2. The van der Waals surface area contributed by atoms with Crippen LogP contribution >= 0.6 is 0 Å². The summed E-state index contributed by atoms with van der Waals surface area (Å²) in [4.78, 5) is 2.19. The minimum absolute atomic E-state index is 0.0305. The molecule has 6 heteroatoms. The number of aromatic nitrogens is 2. The fourth-order valence-electron chi connectivity index (χ4n) is 2.57. The molecule has 1 aliphatic rings. The average molecular weight is 268 g/mol. The van der Waals surface area contributed by atoms with Gasteiger partial charge in [-0.25, -0.2) is 0 Å². The molecule has 2 unspecified atom stereocenters. The SMILES string of the molecule is CCCc1nn(C)c(N2CC(CO)OCC2C)c1N. The van der Waals surface area contributed by atoms with Crippen LogP contribution < -0.4 is 10.6 Å². The van der Waals surface area contributed by atoms with Crippen LogP contribution in [0.2, 0.25) is 0 Å². The van der Waals surface area contributed by atoms with Crippen LogP contribution in [0, 0.1) is 0 Å². The summed E-state index contributed by atoms with van der Waals surface area (Å²) in [5, 5.41) is 13.8. The molecular weight excluding hydrogens is 244 g/mol. The summed E-state index contributed by atoms with van der Waals surface area (Å²) in [7, 11) is 1.92. The highest BCUT2D eigenvalue weighted by Crippen LogP contribution is 2.30. The third-order valence-electron chi connectivity index (χ3n) is 3.60. The molecule has 0 aromatic carbocycles. The molecule has 1 saturated heterocycles. The number of anilines is 2. The molecule has 0 spiro atoms. The summed E-state index contributed by atoms with van der Waals surface area (Å²) in [6.45, 7) is 5.49. The van der Waals surface area contributed by atoms with Gasteiger partial charge in [-0.15, -0.1) is 0 Å². The number of rotatable bonds is 4. The second-order valence-corrected chi connectivity index (χ2v) is 5.20. The third-order valence-corrected chi connectivity index (χ3v) is 3.60. The number of nitrogens with two attached hydrogens (primary N) is 1. The number of ether oxygens (including phenoxy) is 1. The zero-order chi connectivity index (χ0) is 14.0. The Morgan fingerprint density at radius 2 is 2.26 bits per heavy atom. The first kappa shape index (κ1) is 14.1. The average Bonchev–Trinajstić information content (AvgIpc) is 2.66. The van der Waals surface area contributed by atoms with Gasteiger partial charge in [-0.2, -0.15) is 5.10 Å². The lowest BCUT2D eigenvalue weighted by Crippen LogP contribution is -2.50. The van der Waals surface area contributed by atoms with Crippen molar-refractivity contribution in [2.45, 2.75) is 38.8 Å². The zero-order valence-electron chi connectivity index (χ0n) is 12.0. The molecule has 2 heterocycles. The van der Waals surface area contributed by atoms with E-state index in [9.17, 15) is 5.11 Å². The molecule has 2 rings (SSSR count). The molecular formula is C13H24N4O2. The fraction of sp³-hybridized carbons (Fsp3) is 0.769. The van der Waals surface area contributed by atoms with Crippen LogP contribution in [-0.4, -0.2) is 46.8 Å². The molecule has 1 aromatic rings. The molecule has 3 N–H and O–H groups in total. The van der Waals surface area contributed by atoms with Gasteiger partial charge < -0.3 is 20.5 Å². The van der Waals surface area contributed by atoms with Gasteiger partial charge in [-0.05, 0) is 13.3 Å². The van der Waals surface area contributed by atoms with E-state index in [1.165, 1.54) is 0 Å². The minimum atomic E-state index is -0.153. The van der Waals surface area contributed by atoms with Crippen LogP contribution in [0.4, 0.5) is 11.5 Å². The topological polar surface area (TPSA) is 76.5 Å². The van der Waals surface area contributed by atoms with Gasteiger partial charge in [0.1, 0.15) is 0 Å². The van der Waals surface area contributed by atoms with E-state index in [-0.39, 0.29) is 18.8 Å². The number of aliphatic hydroxyl groups is 1. The van der Waals surface area contributed by atoms with Gasteiger partial charge in [-0.3, -0.25) is 4.68 Å². The Labute approximate surface area is 114 Å². The molecule has 0 bridgehead atoms. The predicted molar refractivity (Wildman–Crippen MR) is 75.2 cm³/mol. The van der Waals surface area contributed by atoms with Crippen LogP contribution in [0.25, 0.3) is 0 Å². The molecule has 108 valence electrons. The van der Waals surface area contributed by atoms with Gasteiger partial charge in [0.05, 0.1) is 36.7 Å². The van der Waals surface area contributed by atoms with E-state index in [2.05, 4.69) is 23.8 Å². The van der Waals surface area contributed by atoms with Gasteiger partial charge in [-0.1, -0.05) is 13.3 Å². The quantitative estimate of drug-likeness (QED) is 0.833. The fourth-order valence-corrected chi connectivity index (χ4v) is 2.57. The van der Waals surface area contributed by atoms with Crippen molar-refractivity contribution < 1.29 is 9.84 Å². The monoisotopic (exact) mass is 268 g/mol. The lowest BCUT2D eigenvalue weighted by molar-refractivity contribution is -0.0107. The number of aliphatic hydroxyl groups excluding tert-OH is 1. The highest BCUT2D eigenvalue weighted by atomic mass is 16.5. The Bertz CT molecular complexity index is 433. The van der Waals surface area contributed by atoms with Crippen molar-refractivity contribution in [3.8, 4) is 0 Å². The maximum absolute atomic E-state index is 9.26. The summed E-state index contributed by atoms with van der Waals surface area (Å²) in [6.07, 6.45) is 1.76. The van der Waals surface area contributed by atoms with Crippen molar-refractivity contribution >= 4 is 11.5 Å². The summed E-state index contributed by atoms with van der Waals surface area (Å²) in [5.41, 5.74) is 7.96. The van der Waals surface area contributed by atoms with Gasteiger partial charge in [0, 0.05) is 13.6 Å². The molecule has 1 aliphatic heterocycles. The van der Waals surface area contributed by atoms with E-state index in [0.29, 0.717) is 13.2 Å². The smallest absolute Gasteiger partial charge is 0.150 e. The maximum Gasteiger partial charge on any atom is 0.150 e.